The Hall–Kier alpha value is -1.39. The molecule has 1 aromatic rings. The van der Waals surface area contributed by atoms with Crippen LogP contribution in [0.1, 0.15) is 50.5 Å². The minimum absolute atomic E-state index is 0.134. The number of benzene rings is 1. The summed E-state index contributed by atoms with van der Waals surface area (Å²) in [6.07, 6.45) is 8.04. The summed E-state index contributed by atoms with van der Waals surface area (Å²) < 4.78 is 0. The van der Waals surface area contributed by atoms with Gasteiger partial charge in [-0.1, -0.05) is 49.6 Å². The van der Waals surface area contributed by atoms with E-state index in [1.54, 1.807) is 0 Å². The van der Waals surface area contributed by atoms with Crippen LogP contribution in [0.5, 0.6) is 0 Å². The summed E-state index contributed by atoms with van der Waals surface area (Å²) in [7, 11) is 4.33. The van der Waals surface area contributed by atoms with Crippen molar-refractivity contribution in [2.24, 2.45) is 0 Å². The van der Waals surface area contributed by atoms with Gasteiger partial charge in [0.25, 0.3) is 0 Å². The van der Waals surface area contributed by atoms with Crippen molar-refractivity contribution in [1.29, 1.82) is 0 Å². The lowest BCUT2D eigenvalue weighted by Crippen LogP contribution is -2.43. The molecule has 1 amide bonds. The van der Waals surface area contributed by atoms with Crippen LogP contribution in [-0.4, -0.2) is 62.0 Å². The minimum Gasteiger partial charge on any atom is -0.355 e. The number of likely N-dealkylation sites (tertiary alicyclic amines) is 1. The summed E-state index contributed by atoms with van der Waals surface area (Å²) in [4.78, 5) is 17.2. The number of amides is 1. The number of nitrogens with zero attached hydrogens (tertiary/aromatic N) is 2. The maximum Gasteiger partial charge on any atom is 0.221 e. The molecule has 0 bridgehead atoms. The van der Waals surface area contributed by atoms with Crippen LogP contribution in [0.15, 0.2) is 30.3 Å². The van der Waals surface area contributed by atoms with E-state index in [2.05, 4.69) is 59.5 Å². The highest BCUT2D eigenvalue weighted by molar-refractivity contribution is 5.76. The number of rotatable bonds is 7. The average Bonchev–Trinajstić information content (AvgIpc) is 3.12. The van der Waals surface area contributed by atoms with Crippen LogP contribution >= 0.6 is 0 Å². The number of carbonyl (C=O) groups excluding carboxylic acids is 1. The zero-order chi connectivity index (χ0) is 18.4. The Morgan fingerprint density at radius 2 is 1.96 bits per heavy atom. The third-order valence-electron chi connectivity index (χ3n) is 6.50. The first-order valence-electron chi connectivity index (χ1n) is 10.3. The van der Waals surface area contributed by atoms with E-state index in [0.29, 0.717) is 12.5 Å². The molecule has 1 heterocycles. The van der Waals surface area contributed by atoms with E-state index in [4.69, 9.17) is 0 Å². The second-order valence-electron chi connectivity index (χ2n) is 8.42. The monoisotopic (exact) mass is 357 g/mol. The van der Waals surface area contributed by atoms with Crippen LogP contribution in [0.4, 0.5) is 0 Å². The molecular weight excluding hydrogens is 322 g/mol. The summed E-state index contributed by atoms with van der Waals surface area (Å²) in [6.45, 7) is 3.92. The van der Waals surface area contributed by atoms with E-state index < -0.39 is 0 Å². The fraction of sp³-hybridized carbons (Fsp3) is 0.682. The van der Waals surface area contributed by atoms with Crippen molar-refractivity contribution in [1.82, 2.24) is 15.1 Å². The van der Waals surface area contributed by atoms with Gasteiger partial charge in [0.2, 0.25) is 5.91 Å². The molecule has 2 aliphatic rings. The van der Waals surface area contributed by atoms with Gasteiger partial charge in [-0.15, -0.1) is 0 Å². The lowest BCUT2D eigenvalue weighted by Gasteiger charge is -2.38. The van der Waals surface area contributed by atoms with Gasteiger partial charge in [-0.3, -0.25) is 4.79 Å². The molecule has 1 saturated heterocycles. The molecule has 0 unspecified atom stereocenters. The Bertz CT molecular complexity index is 568. The van der Waals surface area contributed by atoms with Crippen molar-refractivity contribution in [2.75, 3.05) is 40.3 Å². The zero-order valence-electron chi connectivity index (χ0n) is 16.5. The van der Waals surface area contributed by atoms with Gasteiger partial charge in [0.1, 0.15) is 0 Å². The van der Waals surface area contributed by atoms with Crippen molar-refractivity contribution < 1.29 is 4.79 Å². The van der Waals surface area contributed by atoms with Crippen molar-refractivity contribution in [3.05, 3.63) is 35.9 Å². The first-order chi connectivity index (χ1) is 12.6. The molecule has 0 aromatic heterocycles. The van der Waals surface area contributed by atoms with Gasteiger partial charge in [0.05, 0.1) is 0 Å². The van der Waals surface area contributed by atoms with Crippen molar-refractivity contribution >= 4 is 5.91 Å². The summed E-state index contributed by atoms with van der Waals surface area (Å²) >= 11 is 0. The topological polar surface area (TPSA) is 35.6 Å². The average molecular weight is 358 g/mol. The normalized spacial score (nSPS) is 23.3. The number of nitrogens with one attached hydrogen (secondary N) is 1. The molecule has 1 atom stereocenters. The molecule has 1 saturated carbocycles. The smallest absolute Gasteiger partial charge is 0.221 e. The van der Waals surface area contributed by atoms with Crippen molar-refractivity contribution in [3.8, 4) is 0 Å². The molecule has 1 N–H and O–H groups in total. The van der Waals surface area contributed by atoms with Crippen LogP contribution in [0.2, 0.25) is 0 Å². The maximum atomic E-state index is 12.5. The Labute approximate surface area is 158 Å². The van der Waals surface area contributed by atoms with Gasteiger partial charge >= 0.3 is 0 Å². The van der Waals surface area contributed by atoms with Crippen LogP contribution in [-0.2, 0) is 10.2 Å². The van der Waals surface area contributed by atoms with E-state index in [-0.39, 0.29) is 11.3 Å². The lowest BCUT2D eigenvalue weighted by atomic mass is 9.69. The highest BCUT2D eigenvalue weighted by Gasteiger charge is 2.34. The fourth-order valence-electron chi connectivity index (χ4n) is 4.68. The molecule has 3 rings (SSSR count). The predicted molar refractivity (Wildman–Crippen MR) is 107 cm³/mol. The highest BCUT2D eigenvalue weighted by Crippen LogP contribution is 2.38. The van der Waals surface area contributed by atoms with E-state index >= 15 is 0 Å². The molecule has 26 heavy (non-hydrogen) atoms. The Kier molecular flexibility index (Phi) is 6.71. The lowest BCUT2D eigenvalue weighted by molar-refractivity contribution is -0.121. The summed E-state index contributed by atoms with van der Waals surface area (Å²) in [5.41, 5.74) is 1.53. The quantitative estimate of drug-likeness (QED) is 0.815. The fourth-order valence-corrected chi connectivity index (χ4v) is 4.68. The maximum absolute atomic E-state index is 12.5. The highest BCUT2D eigenvalue weighted by atomic mass is 16.1. The number of hydrogen-bond donors (Lipinski definition) is 1. The van der Waals surface area contributed by atoms with Gasteiger partial charge in [0, 0.05) is 37.5 Å². The second-order valence-corrected chi connectivity index (χ2v) is 8.42. The van der Waals surface area contributed by atoms with E-state index in [9.17, 15) is 4.79 Å². The minimum atomic E-state index is 0.134. The molecule has 1 aliphatic heterocycles. The Balaban J connectivity index is 1.50. The standard InChI is InChI=1S/C22H35N3O/c1-24-15-11-20(17-24)25(2)16-12-21(26)23-18-22(13-7-4-8-14-22)19-9-5-3-6-10-19/h3,5-6,9-10,20H,4,7-8,11-18H2,1-2H3,(H,23,26)/t20-/m0/s1. The molecule has 1 aromatic carbocycles. The van der Waals surface area contributed by atoms with Gasteiger partial charge in [0.15, 0.2) is 0 Å². The molecule has 144 valence electrons. The summed E-state index contributed by atoms with van der Waals surface area (Å²) in [5.74, 6) is 0.198. The van der Waals surface area contributed by atoms with E-state index in [1.165, 1.54) is 50.6 Å². The molecule has 4 heteroatoms. The largest absolute Gasteiger partial charge is 0.355 e. The van der Waals surface area contributed by atoms with Gasteiger partial charge in [-0.05, 0) is 45.5 Å². The van der Waals surface area contributed by atoms with Gasteiger partial charge in [-0.2, -0.15) is 0 Å². The SMILES string of the molecule is CN1CC[C@H](N(C)CCC(=O)NCC2(c3ccccc3)CCCCC2)C1. The number of likely N-dealkylation sites (N-methyl/N-ethyl adjacent to an activating group) is 2. The number of hydrogen-bond acceptors (Lipinski definition) is 3. The molecule has 2 fully saturated rings. The molecular formula is C22H35N3O. The zero-order valence-corrected chi connectivity index (χ0v) is 16.5. The van der Waals surface area contributed by atoms with Crippen LogP contribution < -0.4 is 5.32 Å². The van der Waals surface area contributed by atoms with Gasteiger partial charge in [-0.25, -0.2) is 0 Å². The van der Waals surface area contributed by atoms with Crippen LogP contribution in [0.25, 0.3) is 0 Å². The predicted octanol–water partition coefficient (Wildman–Crippen LogP) is 3.03. The van der Waals surface area contributed by atoms with Gasteiger partial charge < -0.3 is 15.1 Å². The Morgan fingerprint density at radius 3 is 2.62 bits per heavy atom. The number of carbonyl (C=O) groups is 1. The summed E-state index contributed by atoms with van der Waals surface area (Å²) in [5, 5.41) is 3.27. The van der Waals surface area contributed by atoms with Crippen LogP contribution in [0.3, 0.4) is 0 Å². The van der Waals surface area contributed by atoms with Crippen molar-refractivity contribution in [3.63, 3.8) is 0 Å². The third kappa shape index (κ3) is 4.86. The Morgan fingerprint density at radius 1 is 1.23 bits per heavy atom. The third-order valence-corrected chi connectivity index (χ3v) is 6.50. The summed E-state index contributed by atoms with van der Waals surface area (Å²) in [6, 6.07) is 11.4. The van der Waals surface area contributed by atoms with Crippen molar-refractivity contribution in [2.45, 2.75) is 56.4 Å². The van der Waals surface area contributed by atoms with Crippen LogP contribution in [0, 0.1) is 0 Å². The molecule has 0 spiro atoms. The molecule has 1 aliphatic carbocycles. The first-order valence-corrected chi connectivity index (χ1v) is 10.3. The first kappa shape index (κ1) is 19.4. The molecule has 0 radical (unpaired) electrons. The second kappa shape index (κ2) is 9.01. The van der Waals surface area contributed by atoms with E-state index in [1.807, 2.05) is 0 Å². The molecule has 4 nitrogen and oxygen atoms in total. The van der Waals surface area contributed by atoms with E-state index in [0.717, 1.165) is 19.6 Å².